The van der Waals surface area contributed by atoms with Crippen molar-refractivity contribution < 1.29 is 24.3 Å². The second-order valence-electron chi connectivity index (χ2n) is 9.78. The minimum atomic E-state index is -1.02. The van der Waals surface area contributed by atoms with E-state index >= 15 is 0 Å². The molecule has 10 heteroatoms. The Balaban J connectivity index is 1.83. The average molecular weight is 478 g/mol. The topological polar surface area (TPSA) is 131 Å². The highest BCUT2D eigenvalue weighted by Gasteiger charge is 2.31. The second kappa shape index (κ2) is 12.7. The summed E-state index contributed by atoms with van der Waals surface area (Å²) in [7, 11) is 7.88. The number of rotatable bonds is 14. The molecule has 0 aromatic heterocycles. The summed E-state index contributed by atoms with van der Waals surface area (Å²) in [5.74, 6) is -1.16. The maximum absolute atomic E-state index is 13.0. The molecule has 0 aliphatic carbocycles. The lowest BCUT2D eigenvalue weighted by Crippen LogP contribution is -2.54. The first-order valence-corrected chi connectivity index (χ1v) is 11.7. The number of hydrazine groups is 2. The predicted molar refractivity (Wildman–Crippen MR) is 131 cm³/mol. The van der Waals surface area contributed by atoms with Crippen LogP contribution in [0.15, 0.2) is 42.2 Å². The number of amides is 1. The Morgan fingerprint density at radius 3 is 2.44 bits per heavy atom. The van der Waals surface area contributed by atoms with Gasteiger partial charge in [0.1, 0.15) is 6.04 Å². The smallest absolute Gasteiger partial charge is 0.320 e. The molecule has 6 N–H and O–H groups in total. The SMILES string of the molecule is CN1NN(CCCC[C@@H](C(=O)NCC(CO)c2ccccc2)[N+](C)(C)C)C=C1CC(N)C(=O)O. The fraction of sp³-hybridized carbons (Fsp3) is 0.583. The fourth-order valence-electron chi connectivity index (χ4n) is 4.01. The molecule has 1 aliphatic heterocycles. The molecule has 190 valence electrons. The molecule has 0 fully saturated rings. The number of quaternary nitrogens is 1. The van der Waals surface area contributed by atoms with Gasteiger partial charge in [0.25, 0.3) is 5.91 Å². The van der Waals surface area contributed by atoms with Crippen LogP contribution in [0.25, 0.3) is 0 Å². The largest absolute Gasteiger partial charge is 0.480 e. The van der Waals surface area contributed by atoms with Gasteiger partial charge in [-0.1, -0.05) is 30.3 Å². The number of aliphatic hydroxyl groups excluding tert-OH is 1. The van der Waals surface area contributed by atoms with Gasteiger partial charge in [-0.2, -0.15) is 0 Å². The second-order valence-corrected chi connectivity index (χ2v) is 9.78. The summed E-state index contributed by atoms with van der Waals surface area (Å²) in [6.45, 7) is 1.09. The Labute approximate surface area is 202 Å². The van der Waals surface area contributed by atoms with E-state index in [2.05, 4.69) is 10.9 Å². The number of nitrogens with two attached hydrogens (primary N) is 1. The summed E-state index contributed by atoms with van der Waals surface area (Å²) in [5.41, 5.74) is 10.6. The van der Waals surface area contributed by atoms with E-state index in [9.17, 15) is 14.7 Å². The number of carbonyl (C=O) groups is 2. The lowest BCUT2D eigenvalue weighted by Gasteiger charge is -2.33. The van der Waals surface area contributed by atoms with Crippen molar-refractivity contribution in [3.63, 3.8) is 0 Å². The molecule has 1 aliphatic rings. The van der Waals surface area contributed by atoms with E-state index in [0.717, 1.165) is 37.1 Å². The maximum Gasteiger partial charge on any atom is 0.320 e. The van der Waals surface area contributed by atoms with Crippen molar-refractivity contribution in [1.29, 1.82) is 0 Å². The summed E-state index contributed by atoms with van der Waals surface area (Å²) in [6.07, 6.45) is 4.58. The van der Waals surface area contributed by atoms with Gasteiger partial charge in [0, 0.05) is 45.1 Å². The molecule has 0 saturated carbocycles. The van der Waals surface area contributed by atoms with Gasteiger partial charge in [-0.05, 0) is 18.4 Å². The quantitative estimate of drug-likeness (QED) is 0.193. The molecular formula is C24H41N6O4+. The van der Waals surface area contributed by atoms with E-state index in [0.29, 0.717) is 11.0 Å². The normalized spacial score (nSPS) is 16.7. The van der Waals surface area contributed by atoms with Crippen LogP contribution in [-0.2, 0) is 9.59 Å². The first-order chi connectivity index (χ1) is 16.0. The number of nitrogens with zero attached hydrogens (tertiary/aromatic N) is 3. The van der Waals surface area contributed by atoms with E-state index in [-0.39, 0.29) is 30.9 Å². The van der Waals surface area contributed by atoms with Gasteiger partial charge < -0.3 is 25.7 Å². The standard InChI is InChI=1S/C24H40N6O4/c1-28-20(14-21(25)24(33)34)16-29(27-28)13-9-8-12-22(30(2,3)4)23(32)26-15-19(17-31)18-10-6-5-7-11-18/h5-7,10-11,16,19,21-22,27,31H,8-9,12-15,17,25H2,1-4H3,(H-,26,32,33,34)/p+1/t19?,21?,22-/m0/s1. The lowest BCUT2D eigenvalue weighted by molar-refractivity contribution is -0.886. The molecular weight excluding hydrogens is 436 g/mol. The van der Waals surface area contributed by atoms with Crippen molar-refractivity contribution in [2.24, 2.45) is 5.73 Å². The average Bonchev–Trinajstić information content (AvgIpc) is 3.12. The highest BCUT2D eigenvalue weighted by atomic mass is 16.4. The number of benzene rings is 1. The highest BCUT2D eigenvalue weighted by molar-refractivity contribution is 5.80. The monoisotopic (exact) mass is 477 g/mol. The van der Waals surface area contributed by atoms with Gasteiger partial charge in [-0.3, -0.25) is 19.6 Å². The van der Waals surface area contributed by atoms with Gasteiger partial charge in [0.05, 0.1) is 33.4 Å². The van der Waals surface area contributed by atoms with Gasteiger partial charge >= 0.3 is 5.97 Å². The van der Waals surface area contributed by atoms with Crippen molar-refractivity contribution in [3.8, 4) is 0 Å². The number of aliphatic hydroxyl groups is 1. The lowest BCUT2D eigenvalue weighted by atomic mass is 9.99. The third-order valence-corrected chi connectivity index (χ3v) is 6.14. The summed E-state index contributed by atoms with van der Waals surface area (Å²) < 4.78 is 0.517. The third kappa shape index (κ3) is 8.28. The zero-order valence-corrected chi connectivity index (χ0v) is 20.8. The van der Waals surface area contributed by atoms with E-state index in [1.165, 1.54) is 0 Å². The number of carboxylic acids is 1. The summed E-state index contributed by atoms with van der Waals surface area (Å²) in [4.78, 5) is 24.0. The van der Waals surface area contributed by atoms with Crippen molar-refractivity contribution in [2.45, 2.75) is 43.7 Å². The Hall–Kier alpha value is -2.66. The summed E-state index contributed by atoms with van der Waals surface area (Å²) in [6, 6.07) is 8.57. The van der Waals surface area contributed by atoms with Crippen molar-refractivity contribution in [2.75, 3.05) is 47.9 Å². The number of carbonyl (C=O) groups excluding carboxylic acids is 1. The van der Waals surface area contributed by atoms with Crippen molar-refractivity contribution in [1.82, 2.24) is 20.9 Å². The molecule has 2 unspecified atom stereocenters. The molecule has 1 aromatic rings. The third-order valence-electron chi connectivity index (χ3n) is 6.14. The molecule has 1 aromatic carbocycles. The number of aliphatic carboxylic acids is 1. The van der Waals surface area contributed by atoms with Gasteiger partial charge in [0.15, 0.2) is 6.04 Å². The van der Waals surface area contributed by atoms with Crippen LogP contribution in [0.4, 0.5) is 0 Å². The molecule has 1 heterocycles. The number of hydrogen-bond acceptors (Lipinski definition) is 7. The number of unbranched alkanes of at least 4 members (excludes halogenated alkanes) is 1. The predicted octanol–water partition coefficient (Wildman–Crippen LogP) is 0.434. The van der Waals surface area contributed by atoms with Crippen LogP contribution in [0.2, 0.25) is 0 Å². The number of likely N-dealkylation sites (N-methyl/N-ethyl adjacent to an activating group) is 1. The van der Waals surface area contributed by atoms with E-state index in [4.69, 9.17) is 10.8 Å². The first kappa shape index (κ1) is 27.6. The zero-order chi connectivity index (χ0) is 25.3. The van der Waals surface area contributed by atoms with Crippen LogP contribution in [-0.4, -0.2) is 96.6 Å². The van der Waals surface area contributed by atoms with Crippen LogP contribution in [0.5, 0.6) is 0 Å². The van der Waals surface area contributed by atoms with E-state index < -0.39 is 12.0 Å². The number of carboxylic acid groups (broad SMARTS) is 1. The molecule has 1 amide bonds. The van der Waals surface area contributed by atoms with Gasteiger partial charge in [-0.25, -0.2) is 0 Å². The molecule has 2 rings (SSSR count). The zero-order valence-electron chi connectivity index (χ0n) is 20.8. The Bertz CT molecular complexity index is 827. The van der Waals surface area contributed by atoms with E-state index in [1.54, 1.807) is 5.01 Å². The Morgan fingerprint density at radius 2 is 1.85 bits per heavy atom. The van der Waals surface area contributed by atoms with Crippen LogP contribution < -0.4 is 16.6 Å². The molecule has 0 radical (unpaired) electrons. The van der Waals surface area contributed by atoms with Crippen molar-refractivity contribution >= 4 is 11.9 Å². The minimum Gasteiger partial charge on any atom is -0.480 e. The first-order valence-electron chi connectivity index (χ1n) is 11.7. The molecule has 0 saturated heterocycles. The van der Waals surface area contributed by atoms with Crippen molar-refractivity contribution in [3.05, 3.63) is 47.8 Å². The maximum atomic E-state index is 13.0. The van der Waals surface area contributed by atoms with Crippen LogP contribution in [0, 0.1) is 0 Å². The Kier molecular flexibility index (Phi) is 10.3. The fourth-order valence-corrected chi connectivity index (χ4v) is 4.01. The van der Waals surface area contributed by atoms with E-state index in [1.807, 2.05) is 69.7 Å². The molecule has 0 bridgehead atoms. The molecule has 10 nitrogen and oxygen atoms in total. The Morgan fingerprint density at radius 1 is 1.18 bits per heavy atom. The minimum absolute atomic E-state index is 0.00856. The van der Waals surface area contributed by atoms with Crippen LogP contribution in [0.3, 0.4) is 0 Å². The number of nitrogens with one attached hydrogen (secondary N) is 2. The van der Waals surface area contributed by atoms with Crippen LogP contribution >= 0.6 is 0 Å². The molecule has 34 heavy (non-hydrogen) atoms. The van der Waals surface area contributed by atoms with Crippen LogP contribution in [0.1, 0.15) is 37.2 Å². The summed E-state index contributed by atoms with van der Waals surface area (Å²) >= 11 is 0. The highest BCUT2D eigenvalue weighted by Crippen LogP contribution is 2.18. The van der Waals surface area contributed by atoms with Gasteiger partial charge in [0.2, 0.25) is 0 Å². The molecule has 0 spiro atoms. The summed E-state index contributed by atoms with van der Waals surface area (Å²) in [5, 5.41) is 25.5. The molecule has 3 atom stereocenters. The van der Waals surface area contributed by atoms with Gasteiger partial charge in [-0.15, -0.1) is 5.53 Å². The number of hydrogen-bond donors (Lipinski definition) is 5.